The highest BCUT2D eigenvalue weighted by molar-refractivity contribution is 14.2. The van der Waals surface area contributed by atoms with Gasteiger partial charge in [-0.1, -0.05) is 61.3 Å². The molecule has 2 aromatic rings. The Morgan fingerprint density at radius 3 is 2.38 bits per heavy atom. The number of benzene rings is 1. The Balaban J connectivity index is 0.00000139. The van der Waals surface area contributed by atoms with E-state index in [1.54, 1.807) is 19.3 Å². The third kappa shape index (κ3) is 5.99. The molecular formula is C17H19Cl2IN3P. The van der Waals surface area contributed by atoms with Gasteiger partial charge < -0.3 is 10.5 Å². The Labute approximate surface area is 168 Å². The highest BCUT2D eigenvalue weighted by Gasteiger charge is 2.05. The molecule has 1 aromatic heterocycles. The molecule has 0 amide bonds. The lowest BCUT2D eigenvalue weighted by Crippen LogP contribution is -1.97. The molecule has 3 nitrogen and oxygen atoms in total. The number of nitrogens with zero attached hydrogens (tertiary/aromatic N) is 1. The fourth-order valence-corrected chi connectivity index (χ4v) is 3.58. The van der Waals surface area contributed by atoms with E-state index < -0.39 is 0 Å². The van der Waals surface area contributed by atoms with E-state index in [4.69, 9.17) is 28.6 Å². The van der Waals surface area contributed by atoms with Gasteiger partial charge in [-0.25, -0.2) is 0 Å². The standard InChI is InChI=1S/C15H13Cl2IN3P.C2H6/c1-9(19)11-4-2-10(6-15(11)21-22-18)3-5-12-13(16)7-20-8-14(12)17;1-2/h2-8,19,21-22H,1H3;1-2H3/b5-3+,19-9?;. The fourth-order valence-electron chi connectivity index (χ4n) is 1.91. The first-order chi connectivity index (χ1) is 11.5. The van der Waals surface area contributed by atoms with Crippen LogP contribution in [0.1, 0.15) is 37.5 Å². The molecule has 1 heterocycles. The van der Waals surface area contributed by atoms with Gasteiger partial charge in [0, 0.05) is 41.3 Å². The molecule has 0 spiro atoms. The van der Waals surface area contributed by atoms with Gasteiger partial charge in [0.05, 0.1) is 10.0 Å². The minimum atomic E-state index is 0.516. The second kappa shape index (κ2) is 11.0. The van der Waals surface area contributed by atoms with Gasteiger partial charge in [-0.3, -0.25) is 4.98 Å². The number of halogens is 3. The highest BCUT2D eigenvalue weighted by atomic mass is 127. The van der Waals surface area contributed by atoms with Crippen molar-refractivity contribution in [1.29, 1.82) is 5.41 Å². The molecule has 128 valence electrons. The molecule has 1 aromatic carbocycles. The Hall–Kier alpha value is -0.680. The summed E-state index contributed by atoms with van der Waals surface area (Å²) in [5.74, 6) is 0. The van der Waals surface area contributed by atoms with Gasteiger partial charge in [0.1, 0.15) is 0 Å². The quantitative estimate of drug-likeness (QED) is 0.260. The summed E-state index contributed by atoms with van der Waals surface area (Å²) in [5.41, 5.74) is 4.14. The first kappa shape index (κ1) is 21.4. The zero-order valence-corrected chi connectivity index (χ0v) is 18.3. The number of hydrogen-bond donors (Lipinski definition) is 2. The Bertz CT molecular complexity index is 716. The lowest BCUT2D eigenvalue weighted by atomic mass is 10.1. The molecule has 7 heteroatoms. The van der Waals surface area contributed by atoms with Crippen molar-refractivity contribution in [3.63, 3.8) is 0 Å². The van der Waals surface area contributed by atoms with E-state index in [-0.39, 0.29) is 0 Å². The van der Waals surface area contributed by atoms with Crippen LogP contribution in [0.15, 0.2) is 30.6 Å². The van der Waals surface area contributed by atoms with Crippen LogP contribution in [0.5, 0.6) is 0 Å². The summed E-state index contributed by atoms with van der Waals surface area (Å²) < 4.78 is 0. The molecule has 0 saturated heterocycles. The predicted octanol–water partition coefficient (Wildman–Crippen LogP) is 7.33. The summed E-state index contributed by atoms with van der Waals surface area (Å²) in [6.07, 6.45) is 7.49. The molecule has 0 aliphatic heterocycles. The second-order valence-corrected chi connectivity index (χ2v) is 7.37. The largest absolute Gasteiger partial charge is 0.358 e. The van der Waals surface area contributed by atoms with Crippen molar-refractivity contribution >= 4 is 75.2 Å². The van der Waals surface area contributed by atoms with Crippen LogP contribution in [0.25, 0.3) is 12.2 Å². The van der Waals surface area contributed by atoms with E-state index in [0.717, 1.165) is 22.4 Å². The van der Waals surface area contributed by atoms with Crippen molar-refractivity contribution in [2.75, 3.05) is 5.09 Å². The van der Waals surface area contributed by atoms with Crippen molar-refractivity contribution in [3.05, 3.63) is 57.3 Å². The Morgan fingerprint density at radius 1 is 1.21 bits per heavy atom. The van der Waals surface area contributed by atoms with Crippen LogP contribution in [0.2, 0.25) is 10.0 Å². The molecule has 0 fully saturated rings. The van der Waals surface area contributed by atoms with Crippen molar-refractivity contribution in [1.82, 2.24) is 4.98 Å². The summed E-state index contributed by atoms with van der Waals surface area (Å²) >= 11 is 14.5. The lowest BCUT2D eigenvalue weighted by Gasteiger charge is -2.10. The van der Waals surface area contributed by atoms with Gasteiger partial charge in [0.2, 0.25) is 0 Å². The Kier molecular flexibility index (Phi) is 9.82. The van der Waals surface area contributed by atoms with Crippen molar-refractivity contribution in [3.8, 4) is 0 Å². The molecule has 0 radical (unpaired) electrons. The third-order valence-electron chi connectivity index (χ3n) is 2.96. The Morgan fingerprint density at radius 2 is 1.83 bits per heavy atom. The van der Waals surface area contributed by atoms with E-state index in [2.05, 4.69) is 32.1 Å². The number of hydrogen-bond acceptors (Lipinski definition) is 3. The van der Waals surface area contributed by atoms with Gasteiger partial charge in [-0.2, -0.15) is 0 Å². The van der Waals surface area contributed by atoms with Crippen LogP contribution < -0.4 is 5.09 Å². The molecule has 24 heavy (non-hydrogen) atoms. The lowest BCUT2D eigenvalue weighted by molar-refractivity contribution is 1.32. The molecule has 0 aliphatic rings. The maximum atomic E-state index is 7.82. The van der Waals surface area contributed by atoms with Gasteiger partial charge in [-0.15, -0.1) is 0 Å². The topological polar surface area (TPSA) is 48.8 Å². The zero-order valence-electron chi connectivity index (χ0n) is 13.6. The summed E-state index contributed by atoms with van der Waals surface area (Å²) in [6, 6.07) is 5.92. The van der Waals surface area contributed by atoms with E-state index in [1.165, 1.54) is 0 Å². The molecule has 1 atom stereocenters. The van der Waals surface area contributed by atoms with Crippen molar-refractivity contribution in [2.24, 2.45) is 0 Å². The van der Waals surface area contributed by atoms with E-state index >= 15 is 0 Å². The van der Waals surface area contributed by atoms with Crippen LogP contribution >= 0.6 is 51.6 Å². The number of rotatable bonds is 5. The van der Waals surface area contributed by atoms with Crippen LogP contribution in [-0.2, 0) is 0 Å². The molecule has 2 N–H and O–H groups in total. The molecule has 0 bridgehead atoms. The predicted molar refractivity (Wildman–Crippen MR) is 119 cm³/mol. The van der Waals surface area contributed by atoms with Crippen LogP contribution in [-0.4, -0.2) is 10.7 Å². The molecule has 1 unspecified atom stereocenters. The SMILES string of the molecule is CC.CC(=N)c1ccc(/C=C/c2c(Cl)cncc2Cl)cc1NPI. The maximum absolute atomic E-state index is 7.82. The normalized spacial score (nSPS) is 10.8. The van der Waals surface area contributed by atoms with E-state index in [1.807, 2.05) is 44.2 Å². The molecule has 0 aliphatic carbocycles. The minimum absolute atomic E-state index is 0.516. The van der Waals surface area contributed by atoms with Crippen LogP contribution in [0.3, 0.4) is 0 Å². The van der Waals surface area contributed by atoms with Crippen LogP contribution in [0, 0.1) is 5.41 Å². The second-order valence-electron chi connectivity index (χ2n) is 4.50. The highest BCUT2D eigenvalue weighted by Crippen LogP contribution is 2.29. The summed E-state index contributed by atoms with van der Waals surface area (Å²) in [7, 11) is 0. The number of aromatic nitrogens is 1. The summed E-state index contributed by atoms with van der Waals surface area (Å²) in [5, 5.41) is 12.1. The fraction of sp³-hybridized carbons (Fsp3) is 0.176. The molecule has 2 rings (SSSR count). The average Bonchev–Trinajstić information content (AvgIpc) is 2.56. The van der Waals surface area contributed by atoms with Gasteiger partial charge in [0.25, 0.3) is 0 Å². The third-order valence-corrected chi connectivity index (χ3v) is 4.74. The van der Waals surface area contributed by atoms with Gasteiger partial charge in [-0.05, 0) is 40.6 Å². The smallest absolute Gasteiger partial charge is 0.0676 e. The first-order valence-electron chi connectivity index (χ1n) is 7.31. The summed E-state index contributed by atoms with van der Waals surface area (Å²) in [6.45, 7) is 5.78. The van der Waals surface area contributed by atoms with Crippen molar-refractivity contribution < 1.29 is 0 Å². The first-order valence-corrected chi connectivity index (χ1v) is 12.2. The van der Waals surface area contributed by atoms with Gasteiger partial charge >= 0.3 is 0 Å². The molecule has 0 saturated carbocycles. The zero-order chi connectivity index (χ0) is 18.1. The minimum Gasteiger partial charge on any atom is -0.358 e. The number of nitrogens with one attached hydrogen (secondary N) is 2. The molecular weight excluding hydrogens is 475 g/mol. The number of pyridine rings is 1. The average molecular weight is 494 g/mol. The van der Waals surface area contributed by atoms with E-state index in [0.29, 0.717) is 22.1 Å². The monoisotopic (exact) mass is 493 g/mol. The van der Waals surface area contributed by atoms with Crippen LogP contribution in [0.4, 0.5) is 5.69 Å². The van der Waals surface area contributed by atoms with Gasteiger partial charge in [0.15, 0.2) is 0 Å². The number of anilines is 1. The van der Waals surface area contributed by atoms with E-state index in [9.17, 15) is 0 Å². The van der Waals surface area contributed by atoms with Crippen molar-refractivity contribution in [2.45, 2.75) is 20.8 Å². The summed E-state index contributed by atoms with van der Waals surface area (Å²) in [4.78, 5) is 3.94. The maximum Gasteiger partial charge on any atom is 0.0676 e.